The van der Waals surface area contributed by atoms with Crippen LogP contribution in [-0.2, 0) is 0 Å². The van der Waals surface area contributed by atoms with Gasteiger partial charge in [-0.2, -0.15) is 0 Å². The highest BCUT2D eigenvalue weighted by Gasteiger charge is 2.15. The number of H-pyrrole nitrogens is 1. The Balaban J connectivity index is 1.81. The molecule has 0 aliphatic rings. The second kappa shape index (κ2) is 7.00. The lowest BCUT2D eigenvalue weighted by Gasteiger charge is -2.13. The van der Waals surface area contributed by atoms with Crippen LogP contribution in [-0.4, -0.2) is 4.98 Å². The van der Waals surface area contributed by atoms with Crippen LogP contribution in [0.1, 0.15) is 22.6 Å². The molecule has 4 rings (SSSR count). The highest BCUT2D eigenvalue weighted by Crippen LogP contribution is 2.33. The zero-order valence-electron chi connectivity index (χ0n) is 13.7. The van der Waals surface area contributed by atoms with E-state index >= 15 is 0 Å². The van der Waals surface area contributed by atoms with Crippen molar-refractivity contribution in [2.75, 3.05) is 0 Å². The highest BCUT2D eigenvalue weighted by atomic mass is 35.5. The van der Waals surface area contributed by atoms with Gasteiger partial charge in [0.1, 0.15) is 0 Å². The van der Waals surface area contributed by atoms with Crippen LogP contribution < -0.4 is 0 Å². The molecule has 122 valence electrons. The van der Waals surface area contributed by atoms with E-state index in [2.05, 4.69) is 84.0 Å². The van der Waals surface area contributed by atoms with E-state index in [1.165, 1.54) is 22.1 Å². The summed E-state index contributed by atoms with van der Waals surface area (Å²) in [6, 6.07) is 27.0. The molecule has 1 atom stereocenters. The molecule has 0 radical (unpaired) electrons. The van der Waals surface area contributed by atoms with Gasteiger partial charge in [0.05, 0.1) is 0 Å². The second-order valence-electron chi connectivity index (χ2n) is 6.09. The van der Waals surface area contributed by atoms with Crippen LogP contribution in [0.2, 0.25) is 5.02 Å². The minimum atomic E-state index is 0.177. The van der Waals surface area contributed by atoms with Gasteiger partial charge in [0, 0.05) is 28.0 Å². The molecule has 1 nitrogen and oxygen atoms in total. The lowest BCUT2D eigenvalue weighted by atomic mass is 9.90. The third-order valence-electron chi connectivity index (χ3n) is 4.45. The first-order valence-electron chi connectivity index (χ1n) is 8.36. The molecular weight excluding hydrogens is 326 g/mol. The predicted molar refractivity (Wildman–Crippen MR) is 107 cm³/mol. The van der Waals surface area contributed by atoms with E-state index in [1.807, 2.05) is 18.2 Å². The molecular formula is C23H18ClN. The number of benzene rings is 3. The molecule has 1 heterocycles. The molecule has 0 saturated carbocycles. The number of hydrogen-bond donors (Lipinski definition) is 1. The number of halogens is 1. The van der Waals surface area contributed by atoms with Crippen molar-refractivity contribution in [1.82, 2.24) is 4.98 Å². The number of fused-ring (bicyclic) bond motifs is 1. The lowest BCUT2D eigenvalue weighted by molar-refractivity contribution is 1.04. The molecule has 1 aromatic heterocycles. The fraction of sp³-hybridized carbons (Fsp3) is 0.0435. The summed E-state index contributed by atoms with van der Waals surface area (Å²) in [4.78, 5) is 3.36. The van der Waals surface area contributed by atoms with Crippen molar-refractivity contribution in [1.29, 1.82) is 0 Å². The van der Waals surface area contributed by atoms with Gasteiger partial charge in [0.15, 0.2) is 0 Å². The maximum Gasteiger partial charge on any atom is 0.0472 e. The molecule has 0 aliphatic carbocycles. The first-order chi connectivity index (χ1) is 12.3. The van der Waals surface area contributed by atoms with E-state index < -0.39 is 0 Å². The van der Waals surface area contributed by atoms with Crippen molar-refractivity contribution in [3.8, 4) is 0 Å². The Bertz CT molecular complexity index is 1000. The molecule has 0 aliphatic heterocycles. The largest absolute Gasteiger partial charge is 0.361 e. The maximum absolute atomic E-state index is 6.13. The van der Waals surface area contributed by atoms with E-state index in [4.69, 9.17) is 11.6 Å². The van der Waals surface area contributed by atoms with Gasteiger partial charge < -0.3 is 4.98 Å². The van der Waals surface area contributed by atoms with Crippen molar-refractivity contribution >= 4 is 28.6 Å². The Morgan fingerprint density at radius 1 is 0.840 bits per heavy atom. The van der Waals surface area contributed by atoms with Crippen molar-refractivity contribution in [2.45, 2.75) is 5.92 Å². The fourth-order valence-corrected chi connectivity index (χ4v) is 3.38. The third kappa shape index (κ3) is 3.38. The summed E-state index contributed by atoms with van der Waals surface area (Å²) in [6.45, 7) is 0. The number of allylic oxidation sites excluding steroid dienone is 1. The van der Waals surface area contributed by atoms with Crippen LogP contribution in [0.3, 0.4) is 0 Å². The zero-order valence-corrected chi connectivity index (χ0v) is 14.4. The Morgan fingerprint density at radius 3 is 2.32 bits per heavy atom. The Labute approximate surface area is 152 Å². The van der Waals surface area contributed by atoms with Crippen LogP contribution in [0.25, 0.3) is 17.0 Å². The molecule has 0 bridgehead atoms. The maximum atomic E-state index is 6.13. The van der Waals surface area contributed by atoms with E-state index in [0.29, 0.717) is 0 Å². The van der Waals surface area contributed by atoms with E-state index in [0.717, 1.165) is 10.5 Å². The SMILES string of the molecule is Clc1ccc2c([C@@H](/C=C/c3ccccc3)c3ccccc3)c[nH]c2c1. The zero-order chi connectivity index (χ0) is 17.1. The molecule has 0 unspecified atom stereocenters. The summed E-state index contributed by atoms with van der Waals surface area (Å²) >= 11 is 6.13. The van der Waals surface area contributed by atoms with Gasteiger partial charge >= 0.3 is 0 Å². The Hall–Kier alpha value is -2.77. The first-order valence-corrected chi connectivity index (χ1v) is 8.74. The summed E-state index contributed by atoms with van der Waals surface area (Å²) in [5.41, 5.74) is 4.79. The van der Waals surface area contributed by atoms with E-state index in [1.54, 1.807) is 0 Å². The minimum Gasteiger partial charge on any atom is -0.361 e. The van der Waals surface area contributed by atoms with Gasteiger partial charge in [-0.25, -0.2) is 0 Å². The first kappa shape index (κ1) is 15.7. The monoisotopic (exact) mass is 343 g/mol. The standard InChI is InChI=1S/C23H18ClN/c24-19-12-14-21-22(16-25-23(21)15-19)20(18-9-5-2-6-10-18)13-11-17-7-3-1-4-8-17/h1-16,20,25H/b13-11+/t20-/m0/s1. The molecule has 3 aromatic carbocycles. The van der Waals surface area contributed by atoms with Gasteiger partial charge in [-0.3, -0.25) is 0 Å². The molecule has 0 spiro atoms. The van der Waals surface area contributed by atoms with Gasteiger partial charge in [-0.1, -0.05) is 90.5 Å². The molecule has 0 saturated heterocycles. The van der Waals surface area contributed by atoms with Crippen LogP contribution >= 0.6 is 11.6 Å². The molecule has 0 fully saturated rings. The van der Waals surface area contributed by atoms with E-state index in [-0.39, 0.29) is 5.92 Å². The number of hydrogen-bond acceptors (Lipinski definition) is 0. The van der Waals surface area contributed by atoms with Crippen molar-refractivity contribution in [3.05, 3.63) is 113 Å². The van der Waals surface area contributed by atoms with Gasteiger partial charge in [0.2, 0.25) is 0 Å². The van der Waals surface area contributed by atoms with Crippen molar-refractivity contribution < 1.29 is 0 Å². The van der Waals surface area contributed by atoms with Gasteiger partial charge in [0.25, 0.3) is 0 Å². The Morgan fingerprint density at radius 2 is 1.56 bits per heavy atom. The van der Waals surface area contributed by atoms with Crippen LogP contribution in [0.15, 0.2) is 91.1 Å². The molecule has 25 heavy (non-hydrogen) atoms. The summed E-state index contributed by atoms with van der Waals surface area (Å²) < 4.78 is 0. The highest BCUT2D eigenvalue weighted by molar-refractivity contribution is 6.31. The quantitative estimate of drug-likeness (QED) is 0.426. The summed E-state index contributed by atoms with van der Waals surface area (Å²) in [5.74, 6) is 0.177. The molecule has 0 amide bonds. The number of nitrogens with one attached hydrogen (secondary N) is 1. The fourth-order valence-electron chi connectivity index (χ4n) is 3.20. The summed E-state index contributed by atoms with van der Waals surface area (Å²) in [7, 11) is 0. The van der Waals surface area contributed by atoms with Gasteiger partial charge in [-0.05, 0) is 28.8 Å². The summed E-state index contributed by atoms with van der Waals surface area (Å²) in [5, 5.41) is 1.95. The third-order valence-corrected chi connectivity index (χ3v) is 4.69. The Kier molecular flexibility index (Phi) is 4.41. The number of rotatable bonds is 4. The number of aromatic nitrogens is 1. The van der Waals surface area contributed by atoms with Crippen molar-refractivity contribution in [3.63, 3.8) is 0 Å². The second-order valence-corrected chi connectivity index (χ2v) is 6.53. The van der Waals surface area contributed by atoms with E-state index in [9.17, 15) is 0 Å². The van der Waals surface area contributed by atoms with Crippen molar-refractivity contribution in [2.24, 2.45) is 0 Å². The number of aromatic amines is 1. The topological polar surface area (TPSA) is 15.8 Å². The molecule has 2 heteroatoms. The van der Waals surface area contributed by atoms with Crippen LogP contribution in [0, 0.1) is 0 Å². The average molecular weight is 344 g/mol. The lowest BCUT2D eigenvalue weighted by Crippen LogP contribution is -1.96. The molecule has 1 N–H and O–H groups in total. The van der Waals surface area contributed by atoms with Crippen LogP contribution in [0.4, 0.5) is 0 Å². The normalized spacial score (nSPS) is 12.7. The van der Waals surface area contributed by atoms with Crippen LogP contribution in [0.5, 0.6) is 0 Å². The molecule has 4 aromatic rings. The average Bonchev–Trinajstić information content (AvgIpc) is 3.06. The minimum absolute atomic E-state index is 0.177. The smallest absolute Gasteiger partial charge is 0.0472 e. The summed E-state index contributed by atoms with van der Waals surface area (Å²) in [6.07, 6.45) is 6.54. The van der Waals surface area contributed by atoms with Gasteiger partial charge in [-0.15, -0.1) is 0 Å². The predicted octanol–water partition coefficient (Wildman–Crippen LogP) is 6.67.